The summed E-state index contributed by atoms with van der Waals surface area (Å²) in [4.78, 5) is 10.7. The molecule has 2 rings (SSSR count). The SMILES string of the molecule is Cc1cc(C)n(CCCNc2c([N+](=O)[O-])c(C)nn2C)n1. The van der Waals surface area contributed by atoms with Crippen LogP contribution in [0.5, 0.6) is 0 Å². The van der Waals surface area contributed by atoms with Crippen molar-refractivity contribution in [2.45, 2.75) is 33.7 Å². The topological polar surface area (TPSA) is 90.8 Å². The van der Waals surface area contributed by atoms with Crippen molar-refractivity contribution in [1.29, 1.82) is 0 Å². The van der Waals surface area contributed by atoms with Gasteiger partial charge in [0.2, 0.25) is 5.82 Å². The Morgan fingerprint density at radius 1 is 1.33 bits per heavy atom. The van der Waals surface area contributed by atoms with Crippen LogP contribution in [0.3, 0.4) is 0 Å². The van der Waals surface area contributed by atoms with Gasteiger partial charge in [-0.1, -0.05) is 0 Å². The van der Waals surface area contributed by atoms with Gasteiger partial charge in [-0.15, -0.1) is 0 Å². The van der Waals surface area contributed by atoms with Gasteiger partial charge in [-0.2, -0.15) is 10.2 Å². The van der Waals surface area contributed by atoms with Crippen LogP contribution in [0.25, 0.3) is 0 Å². The maximum absolute atomic E-state index is 11.1. The quantitative estimate of drug-likeness (QED) is 0.499. The Morgan fingerprint density at radius 3 is 2.62 bits per heavy atom. The molecule has 21 heavy (non-hydrogen) atoms. The second-order valence-corrected chi connectivity index (χ2v) is 5.09. The molecular formula is C13H20N6O2. The molecule has 0 radical (unpaired) electrons. The highest BCUT2D eigenvalue weighted by Gasteiger charge is 2.23. The van der Waals surface area contributed by atoms with E-state index in [1.165, 1.54) is 4.68 Å². The normalized spacial score (nSPS) is 10.9. The number of nitrogens with zero attached hydrogens (tertiary/aromatic N) is 5. The highest BCUT2D eigenvalue weighted by molar-refractivity contribution is 5.59. The maximum Gasteiger partial charge on any atom is 0.333 e. The van der Waals surface area contributed by atoms with Crippen LogP contribution in [0.1, 0.15) is 23.5 Å². The largest absolute Gasteiger partial charge is 0.364 e. The average Bonchev–Trinajstić information content (AvgIpc) is 2.84. The lowest BCUT2D eigenvalue weighted by Crippen LogP contribution is -2.11. The predicted molar refractivity (Wildman–Crippen MR) is 79.4 cm³/mol. The summed E-state index contributed by atoms with van der Waals surface area (Å²) in [5.41, 5.74) is 2.58. The average molecular weight is 292 g/mol. The van der Waals surface area contributed by atoms with E-state index in [2.05, 4.69) is 15.5 Å². The molecule has 0 aromatic carbocycles. The Kier molecular flexibility index (Phi) is 4.25. The van der Waals surface area contributed by atoms with Crippen molar-refractivity contribution in [1.82, 2.24) is 19.6 Å². The first-order chi connectivity index (χ1) is 9.90. The molecule has 0 amide bonds. The molecule has 2 heterocycles. The molecule has 0 aliphatic carbocycles. The standard InChI is InChI=1S/C13H20N6O2/c1-9-8-10(2)18(15-9)7-5-6-14-13-12(19(20)21)11(3)16-17(13)4/h8,14H,5-7H2,1-4H3. The third-order valence-electron chi connectivity index (χ3n) is 3.32. The Hall–Kier alpha value is -2.38. The summed E-state index contributed by atoms with van der Waals surface area (Å²) in [5.74, 6) is 0.450. The molecule has 0 aliphatic rings. The van der Waals surface area contributed by atoms with Crippen molar-refractivity contribution < 1.29 is 4.92 Å². The molecule has 2 aromatic heterocycles. The van der Waals surface area contributed by atoms with Gasteiger partial charge in [0, 0.05) is 25.8 Å². The third kappa shape index (κ3) is 3.21. The first-order valence-corrected chi connectivity index (χ1v) is 6.83. The Bertz CT molecular complexity index is 658. The molecule has 114 valence electrons. The number of hydrogen-bond acceptors (Lipinski definition) is 5. The van der Waals surface area contributed by atoms with Gasteiger partial charge in [-0.3, -0.25) is 14.8 Å². The lowest BCUT2D eigenvalue weighted by atomic mass is 10.3. The summed E-state index contributed by atoms with van der Waals surface area (Å²) in [7, 11) is 1.70. The Labute approximate surface area is 122 Å². The fourth-order valence-corrected chi connectivity index (χ4v) is 2.40. The predicted octanol–water partition coefficient (Wildman–Crippen LogP) is 1.95. The number of hydrogen-bond donors (Lipinski definition) is 1. The number of aromatic nitrogens is 4. The fraction of sp³-hybridized carbons (Fsp3) is 0.538. The zero-order valence-corrected chi connectivity index (χ0v) is 12.8. The first kappa shape index (κ1) is 15.0. The van der Waals surface area contributed by atoms with E-state index < -0.39 is 4.92 Å². The molecule has 8 nitrogen and oxygen atoms in total. The van der Waals surface area contributed by atoms with Gasteiger partial charge in [0.1, 0.15) is 5.69 Å². The minimum atomic E-state index is -0.397. The number of nitrogens with one attached hydrogen (secondary N) is 1. The van der Waals surface area contributed by atoms with E-state index in [1.54, 1.807) is 14.0 Å². The van der Waals surface area contributed by atoms with Crippen LogP contribution in [0.15, 0.2) is 6.07 Å². The van der Waals surface area contributed by atoms with Gasteiger partial charge in [-0.25, -0.2) is 4.68 Å². The van der Waals surface area contributed by atoms with Gasteiger partial charge in [0.05, 0.1) is 10.6 Å². The molecular weight excluding hydrogens is 272 g/mol. The number of anilines is 1. The van der Waals surface area contributed by atoms with E-state index >= 15 is 0 Å². The summed E-state index contributed by atoms with van der Waals surface area (Å²) < 4.78 is 3.46. The number of nitro groups is 1. The molecule has 0 saturated heterocycles. The van der Waals surface area contributed by atoms with Crippen molar-refractivity contribution >= 4 is 11.5 Å². The highest BCUT2D eigenvalue weighted by atomic mass is 16.6. The highest BCUT2D eigenvalue weighted by Crippen LogP contribution is 2.27. The summed E-state index contributed by atoms with van der Waals surface area (Å²) in [6.07, 6.45) is 0.823. The van der Waals surface area contributed by atoms with Crippen molar-refractivity contribution in [3.63, 3.8) is 0 Å². The van der Waals surface area contributed by atoms with Crippen LogP contribution in [-0.4, -0.2) is 31.0 Å². The summed E-state index contributed by atoms with van der Waals surface area (Å²) in [5, 5.41) is 22.6. The molecule has 1 N–H and O–H groups in total. The van der Waals surface area contributed by atoms with Crippen LogP contribution in [0, 0.1) is 30.9 Å². The molecule has 0 atom stereocenters. The molecule has 0 bridgehead atoms. The van der Waals surface area contributed by atoms with Crippen LogP contribution in [-0.2, 0) is 13.6 Å². The lowest BCUT2D eigenvalue weighted by molar-refractivity contribution is -0.384. The van der Waals surface area contributed by atoms with Crippen molar-refractivity contribution in [3.05, 3.63) is 33.3 Å². The van der Waals surface area contributed by atoms with E-state index in [0.717, 1.165) is 24.4 Å². The smallest absolute Gasteiger partial charge is 0.333 e. The molecule has 0 saturated carbocycles. The monoisotopic (exact) mass is 292 g/mol. The van der Waals surface area contributed by atoms with Gasteiger partial charge in [-0.05, 0) is 33.3 Å². The Morgan fingerprint density at radius 2 is 2.05 bits per heavy atom. The molecule has 2 aromatic rings. The van der Waals surface area contributed by atoms with E-state index in [1.807, 2.05) is 24.6 Å². The van der Waals surface area contributed by atoms with Crippen LogP contribution in [0.2, 0.25) is 0 Å². The van der Waals surface area contributed by atoms with E-state index in [9.17, 15) is 10.1 Å². The molecule has 0 fully saturated rings. The second kappa shape index (κ2) is 5.94. The zero-order valence-electron chi connectivity index (χ0n) is 12.8. The molecule has 0 aliphatic heterocycles. The van der Waals surface area contributed by atoms with Crippen molar-refractivity contribution in [3.8, 4) is 0 Å². The fourth-order valence-electron chi connectivity index (χ4n) is 2.40. The van der Waals surface area contributed by atoms with Crippen molar-refractivity contribution in [2.75, 3.05) is 11.9 Å². The van der Waals surface area contributed by atoms with Crippen molar-refractivity contribution in [2.24, 2.45) is 7.05 Å². The zero-order chi connectivity index (χ0) is 15.6. The van der Waals surface area contributed by atoms with E-state index in [0.29, 0.717) is 18.1 Å². The minimum Gasteiger partial charge on any atom is -0.364 e. The van der Waals surface area contributed by atoms with Crippen LogP contribution < -0.4 is 5.32 Å². The van der Waals surface area contributed by atoms with Gasteiger partial charge in [0.15, 0.2) is 0 Å². The lowest BCUT2D eigenvalue weighted by Gasteiger charge is -2.07. The number of rotatable bonds is 6. The summed E-state index contributed by atoms with van der Waals surface area (Å²) >= 11 is 0. The van der Waals surface area contributed by atoms with E-state index in [4.69, 9.17) is 0 Å². The maximum atomic E-state index is 11.1. The molecule has 8 heteroatoms. The molecule has 0 spiro atoms. The van der Waals surface area contributed by atoms with Gasteiger partial charge >= 0.3 is 5.69 Å². The number of aryl methyl sites for hydroxylation is 5. The summed E-state index contributed by atoms with van der Waals surface area (Å²) in [6, 6.07) is 2.03. The summed E-state index contributed by atoms with van der Waals surface area (Å²) in [6.45, 7) is 7.01. The van der Waals surface area contributed by atoms with E-state index in [-0.39, 0.29) is 5.69 Å². The van der Waals surface area contributed by atoms with Gasteiger partial charge < -0.3 is 5.32 Å². The van der Waals surface area contributed by atoms with Gasteiger partial charge in [0.25, 0.3) is 0 Å². The second-order valence-electron chi connectivity index (χ2n) is 5.09. The van der Waals surface area contributed by atoms with Crippen LogP contribution >= 0.6 is 0 Å². The molecule has 0 unspecified atom stereocenters. The minimum absolute atomic E-state index is 0.0450. The third-order valence-corrected chi connectivity index (χ3v) is 3.32. The van der Waals surface area contributed by atoms with Crippen LogP contribution in [0.4, 0.5) is 11.5 Å². The Balaban J connectivity index is 1.95. The first-order valence-electron chi connectivity index (χ1n) is 6.83.